The molecule has 1 aromatic carbocycles. The highest BCUT2D eigenvalue weighted by atomic mass is 35.5. The van der Waals surface area contributed by atoms with Gasteiger partial charge in [0.15, 0.2) is 0 Å². The molecule has 0 fully saturated rings. The Morgan fingerprint density at radius 3 is 2.24 bits per heavy atom. The molecule has 0 saturated carbocycles. The van der Waals surface area contributed by atoms with Crippen LogP contribution in [0.4, 0.5) is 5.69 Å². The summed E-state index contributed by atoms with van der Waals surface area (Å²) in [5.74, 6) is -0.136. The molecule has 0 aliphatic rings. The second kappa shape index (κ2) is 8.25. The van der Waals surface area contributed by atoms with E-state index in [2.05, 4.69) is 0 Å². The third-order valence-corrected chi connectivity index (χ3v) is 3.78. The van der Waals surface area contributed by atoms with Crippen molar-refractivity contribution in [3.8, 4) is 0 Å². The van der Waals surface area contributed by atoms with Crippen molar-refractivity contribution in [1.29, 1.82) is 0 Å². The van der Waals surface area contributed by atoms with Gasteiger partial charge < -0.3 is 9.80 Å². The number of halogens is 2. The molecule has 116 valence electrons. The van der Waals surface area contributed by atoms with Gasteiger partial charge in [0.25, 0.3) is 0 Å². The number of carbonyl (C=O) groups is 2. The van der Waals surface area contributed by atoms with Crippen LogP contribution in [0.3, 0.4) is 0 Å². The first-order valence-corrected chi connectivity index (χ1v) is 7.67. The fourth-order valence-corrected chi connectivity index (χ4v) is 2.60. The van der Waals surface area contributed by atoms with Crippen LogP contribution in [-0.2, 0) is 9.59 Å². The molecule has 6 heteroatoms. The molecule has 21 heavy (non-hydrogen) atoms. The number of anilines is 1. The average Bonchev–Trinajstić information content (AvgIpc) is 2.42. The van der Waals surface area contributed by atoms with E-state index in [1.165, 1.54) is 11.8 Å². The maximum atomic E-state index is 12.0. The van der Waals surface area contributed by atoms with Gasteiger partial charge in [0.1, 0.15) is 0 Å². The Hall–Kier alpha value is -1.26. The molecule has 0 unspecified atom stereocenters. The highest BCUT2D eigenvalue weighted by Gasteiger charge is 2.18. The molecular weight excluding hydrogens is 311 g/mol. The highest BCUT2D eigenvalue weighted by Crippen LogP contribution is 2.29. The van der Waals surface area contributed by atoms with E-state index >= 15 is 0 Å². The van der Waals surface area contributed by atoms with Gasteiger partial charge in [0, 0.05) is 38.0 Å². The monoisotopic (exact) mass is 330 g/mol. The molecule has 0 saturated heterocycles. The topological polar surface area (TPSA) is 40.6 Å². The number of carbonyl (C=O) groups excluding carboxylic acids is 2. The lowest BCUT2D eigenvalue weighted by molar-refractivity contribution is -0.130. The van der Waals surface area contributed by atoms with Gasteiger partial charge >= 0.3 is 0 Å². The first-order chi connectivity index (χ1) is 9.90. The molecule has 1 aromatic rings. The van der Waals surface area contributed by atoms with Crippen LogP contribution in [0.5, 0.6) is 0 Å². The first-order valence-electron chi connectivity index (χ1n) is 6.91. The van der Waals surface area contributed by atoms with E-state index in [4.69, 9.17) is 23.2 Å². The number of rotatable bonds is 6. The minimum Gasteiger partial charge on any atom is -0.343 e. The summed E-state index contributed by atoms with van der Waals surface area (Å²) in [6.45, 7) is 6.94. The van der Waals surface area contributed by atoms with E-state index in [9.17, 15) is 9.59 Å². The van der Waals surface area contributed by atoms with E-state index in [0.29, 0.717) is 35.4 Å². The fourth-order valence-electron chi connectivity index (χ4n) is 2.09. The molecule has 0 bridgehead atoms. The Morgan fingerprint density at radius 1 is 1.14 bits per heavy atom. The minimum atomic E-state index is -0.161. The zero-order valence-corrected chi connectivity index (χ0v) is 14.0. The van der Waals surface area contributed by atoms with Crippen LogP contribution >= 0.6 is 23.2 Å². The van der Waals surface area contributed by atoms with E-state index in [-0.39, 0.29) is 18.2 Å². The van der Waals surface area contributed by atoms with Crippen molar-refractivity contribution in [2.75, 3.05) is 24.5 Å². The van der Waals surface area contributed by atoms with E-state index in [1.54, 1.807) is 23.1 Å². The smallest absolute Gasteiger partial charge is 0.224 e. The van der Waals surface area contributed by atoms with Gasteiger partial charge in [-0.2, -0.15) is 0 Å². The lowest BCUT2D eigenvalue weighted by atomic mass is 10.2. The molecule has 0 heterocycles. The predicted octanol–water partition coefficient (Wildman–Crippen LogP) is 3.60. The van der Waals surface area contributed by atoms with Gasteiger partial charge in [0.2, 0.25) is 11.8 Å². The second-order valence-electron chi connectivity index (χ2n) is 4.58. The Kier molecular flexibility index (Phi) is 6.99. The van der Waals surface area contributed by atoms with Crippen molar-refractivity contribution in [2.45, 2.75) is 27.2 Å². The van der Waals surface area contributed by atoms with Crippen molar-refractivity contribution >= 4 is 40.7 Å². The highest BCUT2D eigenvalue weighted by molar-refractivity contribution is 6.36. The quantitative estimate of drug-likeness (QED) is 0.799. The van der Waals surface area contributed by atoms with Gasteiger partial charge in [0.05, 0.1) is 10.7 Å². The summed E-state index contributed by atoms with van der Waals surface area (Å²) in [6, 6.07) is 4.94. The van der Waals surface area contributed by atoms with Crippen LogP contribution in [0.15, 0.2) is 18.2 Å². The van der Waals surface area contributed by atoms with E-state index in [1.807, 2.05) is 13.8 Å². The number of amides is 2. The predicted molar refractivity (Wildman–Crippen MR) is 87.0 cm³/mol. The zero-order valence-electron chi connectivity index (χ0n) is 12.5. The second-order valence-corrected chi connectivity index (χ2v) is 5.43. The van der Waals surface area contributed by atoms with Gasteiger partial charge in [-0.3, -0.25) is 9.59 Å². The van der Waals surface area contributed by atoms with Crippen LogP contribution < -0.4 is 4.90 Å². The van der Waals surface area contributed by atoms with Crippen molar-refractivity contribution in [3.05, 3.63) is 28.2 Å². The number of hydrogen-bond donors (Lipinski definition) is 0. The van der Waals surface area contributed by atoms with Crippen molar-refractivity contribution in [1.82, 2.24) is 4.90 Å². The molecule has 0 aliphatic heterocycles. The van der Waals surface area contributed by atoms with Crippen LogP contribution in [0.25, 0.3) is 0 Å². The third kappa shape index (κ3) is 4.90. The lowest BCUT2D eigenvalue weighted by Gasteiger charge is -2.24. The Balaban J connectivity index is 2.84. The van der Waals surface area contributed by atoms with Crippen LogP contribution in [-0.4, -0.2) is 36.3 Å². The minimum absolute atomic E-state index is 0.0244. The molecule has 0 aromatic heterocycles. The molecule has 0 aliphatic carbocycles. The SMILES string of the molecule is CCN(CC)C(=O)CCN(C(C)=O)c1ccc(Cl)cc1Cl. The van der Waals surface area contributed by atoms with Gasteiger partial charge in [-0.1, -0.05) is 23.2 Å². The Bertz CT molecular complexity index is 516. The molecule has 0 N–H and O–H groups in total. The van der Waals surface area contributed by atoms with E-state index in [0.717, 1.165) is 0 Å². The summed E-state index contributed by atoms with van der Waals surface area (Å²) in [5, 5.41) is 0.902. The Labute approximate surface area is 135 Å². The number of benzene rings is 1. The van der Waals surface area contributed by atoms with Crippen LogP contribution in [0, 0.1) is 0 Å². The third-order valence-electron chi connectivity index (χ3n) is 3.25. The standard InChI is InChI=1S/C15H20Cl2N2O2/c1-4-18(5-2)15(21)8-9-19(11(3)20)14-7-6-12(16)10-13(14)17/h6-7,10H,4-5,8-9H2,1-3H3. The maximum absolute atomic E-state index is 12.0. The first kappa shape index (κ1) is 17.8. The largest absolute Gasteiger partial charge is 0.343 e. The van der Waals surface area contributed by atoms with Crippen LogP contribution in [0.1, 0.15) is 27.2 Å². The lowest BCUT2D eigenvalue weighted by Crippen LogP contribution is -2.36. The molecule has 0 spiro atoms. The molecule has 0 atom stereocenters. The molecular formula is C15H20Cl2N2O2. The fraction of sp³-hybridized carbons (Fsp3) is 0.467. The molecule has 1 rings (SSSR count). The summed E-state index contributed by atoms with van der Waals surface area (Å²) >= 11 is 12.0. The van der Waals surface area contributed by atoms with Crippen molar-refractivity contribution in [3.63, 3.8) is 0 Å². The van der Waals surface area contributed by atoms with Gasteiger partial charge in [-0.05, 0) is 32.0 Å². The summed E-state index contributed by atoms with van der Waals surface area (Å²) in [6.07, 6.45) is 0.264. The molecule has 0 radical (unpaired) electrons. The maximum Gasteiger partial charge on any atom is 0.224 e. The zero-order chi connectivity index (χ0) is 16.0. The normalized spacial score (nSPS) is 10.3. The molecule has 2 amide bonds. The van der Waals surface area contributed by atoms with Crippen LogP contribution in [0.2, 0.25) is 10.0 Å². The summed E-state index contributed by atoms with van der Waals surface area (Å²) in [4.78, 5) is 27.1. The van der Waals surface area contributed by atoms with Crippen molar-refractivity contribution < 1.29 is 9.59 Å². The van der Waals surface area contributed by atoms with E-state index < -0.39 is 0 Å². The Morgan fingerprint density at radius 2 is 1.76 bits per heavy atom. The van der Waals surface area contributed by atoms with Crippen molar-refractivity contribution in [2.24, 2.45) is 0 Å². The summed E-state index contributed by atoms with van der Waals surface area (Å²) < 4.78 is 0. The number of hydrogen-bond acceptors (Lipinski definition) is 2. The number of nitrogens with zero attached hydrogens (tertiary/aromatic N) is 2. The molecule has 4 nitrogen and oxygen atoms in total. The average molecular weight is 331 g/mol. The van der Waals surface area contributed by atoms with Gasteiger partial charge in [-0.15, -0.1) is 0 Å². The van der Waals surface area contributed by atoms with Gasteiger partial charge in [-0.25, -0.2) is 0 Å². The summed E-state index contributed by atoms with van der Waals surface area (Å²) in [7, 11) is 0. The summed E-state index contributed by atoms with van der Waals surface area (Å²) in [5.41, 5.74) is 0.570.